The van der Waals surface area contributed by atoms with Gasteiger partial charge in [-0.15, -0.1) is 6.58 Å². The van der Waals surface area contributed by atoms with Crippen LogP contribution in [0, 0.1) is 0 Å². The molecule has 26 heavy (non-hydrogen) atoms. The Kier molecular flexibility index (Phi) is 9.67. The van der Waals surface area contributed by atoms with Crippen molar-refractivity contribution in [2.24, 2.45) is 0 Å². The van der Waals surface area contributed by atoms with Gasteiger partial charge in [-0.1, -0.05) is 26.5 Å². The summed E-state index contributed by atoms with van der Waals surface area (Å²) in [7, 11) is -2.39. The fourth-order valence-corrected chi connectivity index (χ4v) is 12.8. The van der Waals surface area contributed by atoms with E-state index in [0.717, 1.165) is 19.3 Å². The molecule has 1 unspecified atom stereocenters. The maximum absolute atomic E-state index is 7.00. The summed E-state index contributed by atoms with van der Waals surface area (Å²) >= 11 is 0. The van der Waals surface area contributed by atoms with Crippen LogP contribution in [0.1, 0.15) is 47.0 Å². The van der Waals surface area contributed by atoms with Gasteiger partial charge in [-0.3, -0.25) is 0 Å². The number of hydrogen-bond acceptors (Lipinski definition) is 5. The van der Waals surface area contributed by atoms with Gasteiger partial charge in [0.15, 0.2) is 0 Å². The molecule has 0 aliphatic heterocycles. The Morgan fingerprint density at radius 2 is 1.23 bits per heavy atom. The van der Waals surface area contributed by atoms with Crippen molar-refractivity contribution >= 4 is 25.4 Å². The number of hydrogen-bond donors (Lipinski definition) is 0. The van der Waals surface area contributed by atoms with Gasteiger partial charge in [-0.25, -0.2) is 0 Å². The summed E-state index contributed by atoms with van der Waals surface area (Å²) in [6, 6.07) is 0. The van der Waals surface area contributed by atoms with Crippen LogP contribution in [0.3, 0.4) is 0 Å². The zero-order valence-corrected chi connectivity index (χ0v) is 21.9. The minimum atomic E-state index is -3.02. The van der Waals surface area contributed by atoms with Gasteiger partial charge in [0.05, 0.1) is 5.22 Å². The average molecular weight is 423 g/mol. The fourth-order valence-electron chi connectivity index (χ4n) is 3.54. The summed E-state index contributed by atoms with van der Waals surface area (Å²) in [5.74, 6) is 0. The lowest BCUT2D eigenvalue weighted by molar-refractivity contribution is -0.0119. The van der Waals surface area contributed by atoms with Crippen molar-refractivity contribution in [2.75, 3.05) is 21.3 Å². The van der Waals surface area contributed by atoms with Crippen LogP contribution in [0.25, 0.3) is 0 Å². The van der Waals surface area contributed by atoms with Gasteiger partial charge >= 0.3 is 8.80 Å². The maximum atomic E-state index is 7.00. The van der Waals surface area contributed by atoms with Crippen LogP contribution in [0.2, 0.25) is 26.2 Å². The van der Waals surface area contributed by atoms with Crippen molar-refractivity contribution in [1.82, 2.24) is 0 Å². The molecule has 0 rings (SSSR count). The third kappa shape index (κ3) is 4.96. The summed E-state index contributed by atoms with van der Waals surface area (Å²) < 4.78 is 31.2. The highest BCUT2D eigenvalue weighted by Crippen LogP contribution is 2.41. The average Bonchev–Trinajstić information content (AvgIpc) is 2.61. The van der Waals surface area contributed by atoms with E-state index in [1.54, 1.807) is 21.3 Å². The van der Waals surface area contributed by atoms with Crippen LogP contribution in [-0.4, -0.2) is 57.2 Å². The van der Waals surface area contributed by atoms with Crippen molar-refractivity contribution in [1.29, 1.82) is 0 Å². The minimum absolute atomic E-state index is 0.345. The second-order valence-corrected chi connectivity index (χ2v) is 19.3. The van der Waals surface area contributed by atoms with Gasteiger partial charge in [0.1, 0.15) is 5.22 Å². The van der Waals surface area contributed by atoms with E-state index in [0.29, 0.717) is 0 Å². The van der Waals surface area contributed by atoms with E-state index >= 15 is 0 Å². The van der Waals surface area contributed by atoms with Crippen LogP contribution in [0.15, 0.2) is 12.3 Å². The van der Waals surface area contributed by atoms with Crippen LogP contribution < -0.4 is 0 Å². The highest BCUT2D eigenvalue weighted by molar-refractivity contribution is 6.80. The molecule has 0 heterocycles. The summed E-state index contributed by atoms with van der Waals surface area (Å²) in [6.45, 7) is 21.3. The third-order valence-corrected chi connectivity index (χ3v) is 15.7. The molecule has 1 atom stereocenters. The molecule has 8 heteroatoms. The normalized spacial score (nSPS) is 16.4. The number of rotatable bonds is 13. The largest absolute Gasteiger partial charge is 0.532 e. The smallest absolute Gasteiger partial charge is 0.408 e. The second-order valence-electron chi connectivity index (χ2n) is 7.98. The molecule has 0 amide bonds. The Bertz CT molecular complexity index is 440. The Morgan fingerprint density at radius 3 is 1.50 bits per heavy atom. The molecule has 0 fully saturated rings. The Morgan fingerprint density at radius 1 is 0.808 bits per heavy atom. The van der Waals surface area contributed by atoms with Gasteiger partial charge in [0.25, 0.3) is 0 Å². The topological polar surface area (TPSA) is 46.2 Å². The molecule has 0 N–H and O–H groups in total. The monoisotopic (exact) mass is 422 g/mol. The van der Waals surface area contributed by atoms with Gasteiger partial charge in [-0.05, 0) is 52.4 Å². The zero-order valence-electron chi connectivity index (χ0n) is 18.9. The molecule has 0 aromatic heterocycles. The van der Waals surface area contributed by atoms with Crippen molar-refractivity contribution in [2.45, 2.75) is 83.6 Å². The van der Waals surface area contributed by atoms with Crippen LogP contribution >= 0.6 is 0 Å². The second kappa shape index (κ2) is 9.60. The first-order valence-electron chi connectivity index (χ1n) is 9.53. The molecule has 0 spiro atoms. The molecule has 0 aliphatic rings. The van der Waals surface area contributed by atoms with E-state index in [2.05, 4.69) is 60.5 Å². The minimum Gasteiger partial charge on any atom is -0.408 e. The Labute approximate surface area is 165 Å². The predicted molar refractivity (Wildman–Crippen MR) is 116 cm³/mol. The van der Waals surface area contributed by atoms with Gasteiger partial charge in [0.2, 0.25) is 16.6 Å². The Hall–Kier alpha value is 0.191. The van der Waals surface area contributed by atoms with Crippen molar-refractivity contribution in [3.8, 4) is 0 Å². The molecule has 0 aromatic rings. The molecule has 156 valence electrons. The first-order valence-corrected chi connectivity index (χ1v) is 17.2. The zero-order chi connectivity index (χ0) is 20.9. The van der Waals surface area contributed by atoms with E-state index in [9.17, 15) is 0 Å². The van der Waals surface area contributed by atoms with E-state index in [1.165, 1.54) is 0 Å². The molecule has 0 bridgehead atoms. The molecule has 5 nitrogen and oxygen atoms in total. The summed E-state index contributed by atoms with van der Waals surface area (Å²) in [6.07, 6.45) is 2.38. The summed E-state index contributed by atoms with van der Waals surface area (Å²) in [4.78, 5) is 0. The predicted octanol–water partition coefficient (Wildman–Crippen LogP) is 4.84. The summed E-state index contributed by atoms with van der Waals surface area (Å²) in [5, 5.41) is -0.942. The van der Waals surface area contributed by atoms with E-state index in [1.807, 2.05) is 5.70 Å². The van der Waals surface area contributed by atoms with Crippen molar-refractivity contribution in [3.05, 3.63) is 12.3 Å². The third-order valence-electron chi connectivity index (χ3n) is 5.89. The maximum Gasteiger partial charge on any atom is 0.532 e. The molecule has 0 saturated heterocycles. The van der Waals surface area contributed by atoms with Crippen molar-refractivity contribution in [3.63, 3.8) is 0 Å². The Balaban J connectivity index is 6.12. The van der Waals surface area contributed by atoms with E-state index in [-0.39, 0.29) is 5.22 Å². The fraction of sp³-hybridized carbons (Fsp3) is 0.889. The van der Waals surface area contributed by atoms with Gasteiger partial charge < -0.3 is 22.1 Å². The lowest BCUT2D eigenvalue weighted by atomic mass is 10.2. The van der Waals surface area contributed by atoms with Crippen LogP contribution in [-0.2, 0) is 22.1 Å². The molecular weight excluding hydrogens is 380 g/mol. The highest BCUT2D eigenvalue weighted by atomic mass is 28.4. The van der Waals surface area contributed by atoms with Crippen LogP contribution in [0.5, 0.6) is 0 Å². The van der Waals surface area contributed by atoms with Crippen molar-refractivity contribution < 1.29 is 22.1 Å². The standard InChI is InChI=1S/C18H42O5Si3/c1-13-17(5,22-24(9,10)16-4)25(11,12)23-18(14-2,15-3)26(19-6,20-7)21-8/h16H,4,13-15H2,1-3,5-12H3. The quantitative estimate of drug-likeness (QED) is 0.397. The van der Waals surface area contributed by atoms with E-state index < -0.39 is 30.7 Å². The first kappa shape index (κ1) is 26.2. The molecule has 0 radical (unpaired) electrons. The molecular formula is C18H42O5Si3. The lowest BCUT2D eigenvalue weighted by Crippen LogP contribution is -2.71. The highest BCUT2D eigenvalue weighted by Gasteiger charge is 2.63. The van der Waals surface area contributed by atoms with Gasteiger partial charge in [-0.2, -0.15) is 0 Å². The first-order chi connectivity index (χ1) is 11.8. The SMILES string of the molecule is C=C[Si](C)(C)OC(C)(CC)[Si](C)(C)OC(CC)(CC)[Si](OC)(OC)OC. The van der Waals surface area contributed by atoms with E-state index in [4.69, 9.17) is 22.1 Å². The molecule has 0 aliphatic carbocycles. The van der Waals surface area contributed by atoms with Crippen LogP contribution in [0.4, 0.5) is 0 Å². The lowest BCUT2D eigenvalue weighted by Gasteiger charge is -2.52. The molecule has 0 aromatic carbocycles. The van der Waals surface area contributed by atoms with Gasteiger partial charge in [0, 0.05) is 21.3 Å². The summed E-state index contributed by atoms with van der Waals surface area (Å²) in [5.41, 5.74) is 1.98. The molecule has 0 saturated carbocycles.